The van der Waals surface area contributed by atoms with Crippen molar-refractivity contribution in [2.45, 2.75) is 64.9 Å². The van der Waals surface area contributed by atoms with Crippen molar-refractivity contribution in [1.29, 1.82) is 0 Å². The van der Waals surface area contributed by atoms with Crippen LogP contribution in [0.5, 0.6) is 0 Å². The molecule has 0 spiro atoms. The largest absolute Gasteiger partial charge is 0.388 e. The van der Waals surface area contributed by atoms with Crippen LogP contribution < -0.4 is 0 Å². The van der Waals surface area contributed by atoms with Crippen LogP contribution in [-0.2, 0) is 6.42 Å². The van der Waals surface area contributed by atoms with Crippen LogP contribution >= 0.6 is 0 Å². The maximum atomic E-state index is 10.5. The summed E-state index contributed by atoms with van der Waals surface area (Å²) in [6.07, 6.45) is 8.31. The van der Waals surface area contributed by atoms with Crippen molar-refractivity contribution in [3.8, 4) is 0 Å². The van der Waals surface area contributed by atoms with Crippen LogP contribution in [-0.4, -0.2) is 5.11 Å². The van der Waals surface area contributed by atoms with E-state index in [0.29, 0.717) is 5.92 Å². The number of hydrogen-bond acceptors (Lipinski definition) is 1. The molecule has 2 rings (SSSR count). The summed E-state index contributed by atoms with van der Waals surface area (Å²) in [6, 6.07) is 8.65. The van der Waals surface area contributed by atoms with Crippen LogP contribution in [0.1, 0.15) is 69.6 Å². The molecule has 1 N–H and O–H groups in total. The van der Waals surface area contributed by atoms with E-state index in [1.807, 2.05) is 0 Å². The quantitative estimate of drug-likeness (QED) is 0.799. The van der Waals surface area contributed by atoms with E-state index >= 15 is 0 Å². The van der Waals surface area contributed by atoms with Crippen LogP contribution in [0.2, 0.25) is 0 Å². The van der Waals surface area contributed by atoms with Gasteiger partial charge >= 0.3 is 0 Å². The van der Waals surface area contributed by atoms with Gasteiger partial charge in [0.05, 0.1) is 6.10 Å². The molecule has 0 radical (unpaired) electrons. The summed E-state index contributed by atoms with van der Waals surface area (Å²) in [7, 11) is 0. The summed E-state index contributed by atoms with van der Waals surface area (Å²) in [4.78, 5) is 0. The minimum Gasteiger partial charge on any atom is -0.388 e. The Morgan fingerprint density at radius 1 is 1.11 bits per heavy atom. The second kappa shape index (κ2) is 7.09. The van der Waals surface area contributed by atoms with Gasteiger partial charge < -0.3 is 5.11 Å². The molecule has 106 valence electrons. The number of hydrogen-bond donors (Lipinski definition) is 1. The standard InChI is InChI=1S/C18H28O/c1-3-4-5-15-8-12-17(13-9-15)18(19)16-10-6-14(2)7-11-16/h8-9,12-14,16,18-19H,3-7,10-11H2,1-2H3. The molecule has 1 aliphatic carbocycles. The van der Waals surface area contributed by atoms with E-state index in [2.05, 4.69) is 38.1 Å². The molecule has 19 heavy (non-hydrogen) atoms. The fourth-order valence-corrected chi connectivity index (χ4v) is 3.14. The third kappa shape index (κ3) is 4.07. The Hall–Kier alpha value is -0.820. The van der Waals surface area contributed by atoms with Crippen molar-refractivity contribution in [2.75, 3.05) is 0 Å². The molecule has 1 aliphatic rings. The minimum absolute atomic E-state index is 0.257. The van der Waals surface area contributed by atoms with Gasteiger partial charge in [-0.25, -0.2) is 0 Å². The van der Waals surface area contributed by atoms with Crippen molar-refractivity contribution in [3.63, 3.8) is 0 Å². The summed E-state index contributed by atoms with van der Waals surface area (Å²) in [6.45, 7) is 4.55. The number of aryl methyl sites for hydroxylation is 1. The first kappa shape index (κ1) is 14.6. The van der Waals surface area contributed by atoms with Gasteiger partial charge in [0.2, 0.25) is 0 Å². The molecule has 1 aromatic rings. The molecule has 1 saturated carbocycles. The Kier molecular flexibility index (Phi) is 5.45. The van der Waals surface area contributed by atoms with Crippen molar-refractivity contribution >= 4 is 0 Å². The van der Waals surface area contributed by atoms with Gasteiger partial charge in [-0.05, 0) is 48.6 Å². The van der Waals surface area contributed by atoms with Crippen LogP contribution in [0.3, 0.4) is 0 Å². The highest BCUT2D eigenvalue weighted by Gasteiger charge is 2.25. The summed E-state index contributed by atoms with van der Waals surface area (Å²) in [5, 5.41) is 10.5. The first-order chi connectivity index (χ1) is 9.20. The lowest BCUT2D eigenvalue weighted by Crippen LogP contribution is -2.19. The fraction of sp³-hybridized carbons (Fsp3) is 0.667. The average Bonchev–Trinajstić information content (AvgIpc) is 2.46. The Morgan fingerprint density at radius 3 is 2.32 bits per heavy atom. The third-order valence-corrected chi connectivity index (χ3v) is 4.65. The molecule has 0 bridgehead atoms. The Labute approximate surface area is 118 Å². The van der Waals surface area contributed by atoms with E-state index in [1.54, 1.807) is 0 Å². The molecule has 1 atom stereocenters. The zero-order chi connectivity index (χ0) is 13.7. The second-order valence-electron chi connectivity index (χ2n) is 6.31. The van der Waals surface area contributed by atoms with E-state index in [0.717, 1.165) is 17.9 Å². The lowest BCUT2D eigenvalue weighted by molar-refractivity contribution is 0.0755. The number of unbranched alkanes of at least 4 members (excludes halogenated alkanes) is 1. The van der Waals surface area contributed by atoms with Gasteiger partial charge in [0, 0.05) is 0 Å². The zero-order valence-electron chi connectivity index (χ0n) is 12.4. The second-order valence-corrected chi connectivity index (χ2v) is 6.31. The highest BCUT2D eigenvalue weighted by molar-refractivity contribution is 5.24. The highest BCUT2D eigenvalue weighted by atomic mass is 16.3. The van der Waals surface area contributed by atoms with E-state index in [1.165, 1.54) is 44.1 Å². The molecule has 1 unspecified atom stereocenters. The molecular formula is C18H28O. The number of benzene rings is 1. The van der Waals surface area contributed by atoms with E-state index in [9.17, 15) is 5.11 Å². The molecule has 0 aromatic heterocycles. The van der Waals surface area contributed by atoms with Gasteiger partial charge in [-0.2, -0.15) is 0 Å². The van der Waals surface area contributed by atoms with Gasteiger partial charge in [0.15, 0.2) is 0 Å². The molecule has 0 saturated heterocycles. The molecule has 1 fully saturated rings. The number of aliphatic hydroxyl groups excluding tert-OH is 1. The summed E-state index contributed by atoms with van der Waals surface area (Å²) < 4.78 is 0. The summed E-state index contributed by atoms with van der Waals surface area (Å²) in [5.41, 5.74) is 2.51. The molecule has 1 nitrogen and oxygen atoms in total. The van der Waals surface area contributed by atoms with Gasteiger partial charge in [-0.1, -0.05) is 57.4 Å². The van der Waals surface area contributed by atoms with Gasteiger partial charge in [0.1, 0.15) is 0 Å². The zero-order valence-corrected chi connectivity index (χ0v) is 12.4. The average molecular weight is 260 g/mol. The Balaban J connectivity index is 1.93. The van der Waals surface area contributed by atoms with E-state index < -0.39 is 0 Å². The van der Waals surface area contributed by atoms with Crippen molar-refractivity contribution in [1.82, 2.24) is 0 Å². The van der Waals surface area contributed by atoms with Crippen molar-refractivity contribution in [3.05, 3.63) is 35.4 Å². The van der Waals surface area contributed by atoms with Crippen molar-refractivity contribution < 1.29 is 5.11 Å². The SMILES string of the molecule is CCCCc1ccc(C(O)C2CCC(C)CC2)cc1. The fourth-order valence-electron chi connectivity index (χ4n) is 3.14. The molecular weight excluding hydrogens is 232 g/mol. The van der Waals surface area contributed by atoms with E-state index in [-0.39, 0.29) is 6.10 Å². The normalized spacial score (nSPS) is 25.2. The third-order valence-electron chi connectivity index (χ3n) is 4.65. The lowest BCUT2D eigenvalue weighted by Gasteiger charge is -2.30. The first-order valence-corrected chi connectivity index (χ1v) is 7.97. The number of aliphatic hydroxyl groups is 1. The smallest absolute Gasteiger partial charge is 0.0818 e. The van der Waals surface area contributed by atoms with Gasteiger partial charge in [-0.3, -0.25) is 0 Å². The summed E-state index contributed by atoms with van der Waals surface area (Å²) >= 11 is 0. The van der Waals surface area contributed by atoms with E-state index in [4.69, 9.17) is 0 Å². The van der Waals surface area contributed by atoms with Gasteiger partial charge in [-0.15, -0.1) is 0 Å². The van der Waals surface area contributed by atoms with Crippen molar-refractivity contribution in [2.24, 2.45) is 11.8 Å². The first-order valence-electron chi connectivity index (χ1n) is 7.97. The van der Waals surface area contributed by atoms with Crippen LogP contribution in [0.15, 0.2) is 24.3 Å². The minimum atomic E-state index is -0.257. The van der Waals surface area contributed by atoms with Crippen LogP contribution in [0.4, 0.5) is 0 Å². The molecule has 0 heterocycles. The van der Waals surface area contributed by atoms with Crippen LogP contribution in [0, 0.1) is 11.8 Å². The predicted molar refractivity (Wildman–Crippen MR) is 81.1 cm³/mol. The summed E-state index contributed by atoms with van der Waals surface area (Å²) in [5.74, 6) is 1.32. The maximum absolute atomic E-state index is 10.5. The monoisotopic (exact) mass is 260 g/mol. The highest BCUT2D eigenvalue weighted by Crippen LogP contribution is 2.36. The Morgan fingerprint density at radius 2 is 1.74 bits per heavy atom. The lowest BCUT2D eigenvalue weighted by atomic mass is 9.78. The Bertz CT molecular complexity index is 360. The molecule has 1 heteroatoms. The number of rotatable bonds is 5. The molecule has 1 aromatic carbocycles. The molecule has 0 amide bonds. The predicted octanol–water partition coefficient (Wildman–Crippen LogP) is 4.89. The van der Waals surface area contributed by atoms with Crippen LogP contribution in [0.25, 0.3) is 0 Å². The maximum Gasteiger partial charge on any atom is 0.0818 e. The molecule has 0 aliphatic heterocycles. The van der Waals surface area contributed by atoms with Gasteiger partial charge in [0.25, 0.3) is 0 Å². The topological polar surface area (TPSA) is 20.2 Å².